The van der Waals surface area contributed by atoms with Crippen molar-refractivity contribution in [2.45, 2.75) is 43.4 Å². The van der Waals surface area contributed by atoms with E-state index in [1.54, 1.807) is 35.6 Å². The third-order valence-corrected chi connectivity index (χ3v) is 7.01. The van der Waals surface area contributed by atoms with Crippen LogP contribution in [0.15, 0.2) is 29.3 Å². The van der Waals surface area contributed by atoms with Crippen LogP contribution >= 0.6 is 23.1 Å². The van der Waals surface area contributed by atoms with E-state index in [1.807, 2.05) is 13.8 Å². The summed E-state index contributed by atoms with van der Waals surface area (Å²) in [6.45, 7) is 3.76. The van der Waals surface area contributed by atoms with E-state index in [-0.39, 0.29) is 11.2 Å². The van der Waals surface area contributed by atoms with Gasteiger partial charge in [-0.2, -0.15) is 0 Å². The number of aryl methyl sites for hydroxylation is 3. The monoisotopic (exact) mass is 412 g/mol. The Kier molecular flexibility index (Phi) is 5.07. The van der Waals surface area contributed by atoms with Crippen LogP contribution in [0, 0.1) is 6.92 Å². The molecule has 8 heteroatoms. The average Bonchev–Trinajstić information content (AvgIpc) is 3.22. The van der Waals surface area contributed by atoms with E-state index < -0.39 is 5.91 Å². The number of rotatable bonds is 5. The number of thioether (sulfide) groups is 1. The molecule has 6 nitrogen and oxygen atoms in total. The second-order valence-electron chi connectivity index (χ2n) is 6.80. The number of nitrogens with one attached hydrogen (secondary N) is 1. The molecule has 0 fully saturated rings. The zero-order valence-electron chi connectivity index (χ0n) is 15.6. The molecule has 3 N–H and O–H groups in total. The quantitative estimate of drug-likeness (QED) is 0.492. The molecule has 4 rings (SSSR count). The van der Waals surface area contributed by atoms with Gasteiger partial charge in [0.15, 0.2) is 0 Å². The number of fused-ring (bicyclic) bond motifs is 3. The molecule has 3 aromatic rings. The predicted molar refractivity (Wildman–Crippen MR) is 113 cm³/mol. The van der Waals surface area contributed by atoms with Crippen LogP contribution in [0.1, 0.15) is 40.0 Å². The van der Waals surface area contributed by atoms with Crippen LogP contribution in [0.3, 0.4) is 0 Å². The van der Waals surface area contributed by atoms with Gasteiger partial charge in [-0.15, -0.1) is 11.3 Å². The maximum absolute atomic E-state index is 12.7. The SMILES string of the molecule is Cc1nc(S[C@H](C)C(=O)Nc2ccc(C(N)=O)cc2)c2c3c(sc2n1)CCC3. The van der Waals surface area contributed by atoms with E-state index >= 15 is 0 Å². The molecule has 0 saturated carbocycles. The Morgan fingerprint density at radius 3 is 2.68 bits per heavy atom. The van der Waals surface area contributed by atoms with Gasteiger partial charge in [0.2, 0.25) is 11.8 Å². The van der Waals surface area contributed by atoms with Crippen LogP contribution in [-0.4, -0.2) is 27.0 Å². The largest absolute Gasteiger partial charge is 0.366 e. The maximum Gasteiger partial charge on any atom is 0.248 e. The molecule has 144 valence electrons. The highest BCUT2D eigenvalue weighted by Gasteiger charge is 2.24. The lowest BCUT2D eigenvalue weighted by Gasteiger charge is -2.13. The van der Waals surface area contributed by atoms with Gasteiger partial charge in [0.25, 0.3) is 0 Å². The molecular formula is C20H20N4O2S2. The maximum atomic E-state index is 12.7. The van der Waals surface area contributed by atoms with Crippen molar-refractivity contribution in [1.29, 1.82) is 0 Å². The van der Waals surface area contributed by atoms with Gasteiger partial charge in [0.1, 0.15) is 15.7 Å². The normalized spacial score (nSPS) is 14.1. The van der Waals surface area contributed by atoms with Gasteiger partial charge in [-0.05, 0) is 62.9 Å². The molecule has 1 aliphatic rings. The van der Waals surface area contributed by atoms with E-state index in [0.717, 1.165) is 33.9 Å². The fourth-order valence-corrected chi connectivity index (χ4v) is 5.73. The lowest BCUT2D eigenvalue weighted by molar-refractivity contribution is -0.115. The van der Waals surface area contributed by atoms with Gasteiger partial charge in [0.05, 0.1) is 5.25 Å². The van der Waals surface area contributed by atoms with Gasteiger partial charge in [0, 0.05) is 21.5 Å². The first kappa shape index (κ1) is 18.9. The standard InChI is InChI=1S/C20H20N4O2S2/c1-10(18(26)24-13-8-6-12(7-9-13)17(21)25)27-19-16-14-4-3-5-15(14)28-20(16)23-11(2)22-19/h6-10H,3-5H2,1-2H3,(H2,21,25)(H,24,26)/t10-/m1/s1. The topological polar surface area (TPSA) is 98.0 Å². The van der Waals surface area contributed by atoms with Crippen LogP contribution in [0.5, 0.6) is 0 Å². The molecule has 1 aliphatic carbocycles. The summed E-state index contributed by atoms with van der Waals surface area (Å²) in [5.74, 6) is 0.117. The van der Waals surface area contributed by atoms with Crippen LogP contribution in [0.25, 0.3) is 10.2 Å². The Balaban J connectivity index is 1.54. The van der Waals surface area contributed by atoms with Crippen LogP contribution in [0.2, 0.25) is 0 Å². The number of carbonyl (C=O) groups is 2. The van der Waals surface area contributed by atoms with Crippen molar-refractivity contribution in [2.24, 2.45) is 5.73 Å². The zero-order valence-corrected chi connectivity index (χ0v) is 17.2. The number of hydrogen-bond acceptors (Lipinski definition) is 6. The minimum Gasteiger partial charge on any atom is -0.366 e. The second-order valence-corrected chi connectivity index (χ2v) is 9.22. The molecule has 0 bridgehead atoms. The number of amides is 2. The summed E-state index contributed by atoms with van der Waals surface area (Å²) >= 11 is 3.22. The van der Waals surface area contributed by atoms with Gasteiger partial charge in [-0.1, -0.05) is 11.8 Å². The number of hydrogen-bond donors (Lipinski definition) is 2. The lowest BCUT2D eigenvalue weighted by Crippen LogP contribution is -2.22. The van der Waals surface area contributed by atoms with Crippen molar-refractivity contribution in [3.05, 3.63) is 46.1 Å². The fraction of sp³-hybridized carbons (Fsp3) is 0.300. The summed E-state index contributed by atoms with van der Waals surface area (Å²) < 4.78 is 0. The number of anilines is 1. The summed E-state index contributed by atoms with van der Waals surface area (Å²) in [6.07, 6.45) is 3.34. The molecule has 0 spiro atoms. The summed E-state index contributed by atoms with van der Waals surface area (Å²) in [5.41, 5.74) is 7.64. The first-order chi connectivity index (χ1) is 13.4. The summed E-state index contributed by atoms with van der Waals surface area (Å²) in [4.78, 5) is 35.5. The molecule has 2 aromatic heterocycles. The molecule has 1 atom stereocenters. The Hall–Kier alpha value is -2.45. The van der Waals surface area contributed by atoms with Crippen LogP contribution in [0.4, 0.5) is 5.69 Å². The third kappa shape index (κ3) is 3.62. The fourth-order valence-electron chi connectivity index (χ4n) is 3.33. The van der Waals surface area contributed by atoms with Crippen molar-refractivity contribution >= 4 is 50.8 Å². The van der Waals surface area contributed by atoms with Crippen molar-refractivity contribution in [2.75, 3.05) is 5.32 Å². The molecular weight excluding hydrogens is 392 g/mol. The highest BCUT2D eigenvalue weighted by molar-refractivity contribution is 8.00. The number of carbonyl (C=O) groups excluding carboxylic acids is 2. The number of benzene rings is 1. The number of nitrogens with two attached hydrogens (primary N) is 1. The van der Waals surface area contributed by atoms with Crippen molar-refractivity contribution in [1.82, 2.24) is 9.97 Å². The molecule has 28 heavy (non-hydrogen) atoms. The molecule has 0 radical (unpaired) electrons. The Morgan fingerprint density at radius 2 is 1.96 bits per heavy atom. The van der Waals surface area contributed by atoms with Gasteiger partial charge in [-0.25, -0.2) is 9.97 Å². The van der Waals surface area contributed by atoms with E-state index in [9.17, 15) is 9.59 Å². The molecule has 1 aromatic carbocycles. The minimum atomic E-state index is -0.492. The zero-order chi connectivity index (χ0) is 19.8. The molecule has 2 amide bonds. The molecule has 0 saturated heterocycles. The average molecular weight is 413 g/mol. The Bertz CT molecular complexity index is 1080. The van der Waals surface area contributed by atoms with Gasteiger partial charge >= 0.3 is 0 Å². The third-order valence-electron chi connectivity index (χ3n) is 4.74. The number of nitrogens with zero attached hydrogens (tertiary/aromatic N) is 2. The first-order valence-corrected chi connectivity index (χ1v) is 10.8. The van der Waals surface area contributed by atoms with E-state index in [1.165, 1.54) is 28.6 Å². The number of aromatic nitrogens is 2. The summed E-state index contributed by atoms with van der Waals surface area (Å²) in [6, 6.07) is 6.55. The smallest absolute Gasteiger partial charge is 0.248 e. The Labute approximate surface area is 170 Å². The van der Waals surface area contributed by atoms with E-state index in [4.69, 9.17) is 5.73 Å². The first-order valence-electron chi connectivity index (χ1n) is 9.08. The minimum absolute atomic E-state index is 0.117. The lowest BCUT2D eigenvalue weighted by atomic mass is 10.2. The van der Waals surface area contributed by atoms with Crippen LogP contribution < -0.4 is 11.1 Å². The molecule has 0 aliphatic heterocycles. The van der Waals surface area contributed by atoms with Crippen molar-refractivity contribution < 1.29 is 9.59 Å². The van der Waals surface area contributed by atoms with E-state index in [2.05, 4.69) is 15.3 Å². The van der Waals surface area contributed by atoms with Crippen LogP contribution in [-0.2, 0) is 17.6 Å². The summed E-state index contributed by atoms with van der Waals surface area (Å²) in [5, 5.41) is 4.56. The molecule has 0 unspecified atom stereocenters. The Morgan fingerprint density at radius 1 is 1.21 bits per heavy atom. The van der Waals surface area contributed by atoms with Gasteiger partial charge in [-0.3, -0.25) is 9.59 Å². The highest BCUT2D eigenvalue weighted by atomic mass is 32.2. The number of thiophene rings is 1. The number of primary amides is 1. The van der Waals surface area contributed by atoms with Gasteiger partial charge < -0.3 is 11.1 Å². The highest BCUT2D eigenvalue weighted by Crippen LogP contribution is 2.41. The van der Waals surface area contributed by atoms with Crippen molar-refractivity contribution in [3.63, 3.8) is 0 Å². The van der Waals surface area contributed by atoms with E-state index in [0.29, 0.717) is 11.3 Å². The summed E-state index contributed by atoms with van der Waals surface area (Å²) in [7, 11) is 0. The molecule has 2 heterocycles. The second kappa shape index (κ2) is 7.52. The van der Waals surface area contributed by atoms with Crippen molar-refractivity contribution in [3.8, 4) is 0 Å². The predicted octanol–water partition coefficient (Wildman–Crippen LogP) is 3.71.